The number of hydrogen-bond acceptors (Lipinski definition) is 3. The Morgan fingerprint density at radius 2 is 1.33 bits per heavy atom. The molecular weight excluding hydrogens is 408 g/mol. The molecule has 168 valence electrons. The largest absolute Gasteiger partial charge is 0.445 e. The van der Waals surface area contributed by atoms with Crippen LogP contribution in [-0.4, -0.2) is 24.1 Å². The van der Waals surface area contributed by atoms with Crippen molar-refractivity contribution in [2.45, 2.75) is 26.1 Å². The first kappa shape index (κ1) is 22.6. The lowest BCUT2D eigenvalue weighted by atomic mass is 10.1. The van der Waals surface area contributed by atoms with Gasteiger partial charge in [-0.2, -0.15) is 0 Å². The lowest BCUT2D eigenvalue weighted by Gasteiger charge is -2.23. The summed E-state index contributed by atoms with van der Waals surface area (Å²) < 4.78 is 5.30. The number of nitrogens with zero attached hydrogens (tertiary/aromatic N) is 1. The molecule has 0 atom stereocenters. The Hall–Kier alpha value is -3.63. The summed E-state index contributed by atoms with van der Waals surface area (Å²) >= 11 is 0. The standard InChI is InChI=1S/C29H30N2O2/c32-29(33-23-25-12-5-2-6-13-25)30-18-9-19-31(21-24-10-3-1-4-11-24)22-26-16-17-27-14-7-8-15-28(27)20-26/h1-8,10-17,20H,9,18-19,21-23H2,(H,30,32). The van der Waals surface area contributed by atoms with Crippen molar-refractivity contribution in [2.24, 2.45) is 0 Å². The van der Waals surface area contributed by atoms with Gasteiger partial charge in [0.2, 0.25) is 0 Å². The fourth-order valence-corrected chi connectivity index (χ4v) is 3.92. The van der Waals surface area contributed by atoms with Gasteiger partial charge in [0.15, 0.2) is 0 Å². The summed E-state index contributed by atoms with van der Waals surface area (Å²) in [5, 5.41) is 5.39. The topological polar surface area (TPSA) is 41.6 Å². The van der Waals surface area contributed by atoms with Crippen molar-refractivity contribution in [3.05, 3.63) is 120 Å². The summed E-state index contributed by atoms with van der Waals surface area (Å²) in [5.74, 6) is 0. The predicted octanol–water partition coefficient (Wildman–Crippen LogP) is 6.16. The van der Waals surface area contributed by atoms with Crippen LogP contribution in [0.5, 0.6) is 0 Å². The Labute approximate surface area is 195 Å². The minimum Gasteiger partial charge on any atom is -0.445 e. The number of carbonyl (C=O) groups is 1. The Morgan fingerprint density at radius 1 is 0.697 bits per heavy atom. The number of rotatable bonds is 10. The molecule has 0 saturated heterocycles. The Bertz CT molecular complexity index is 1150. The zero-order chi connectivity index (χ0) is 22.7. The smallest absolute Gasteiger partial charge is 0.407 e. The van der Waals surface area contributed by atoms with Gasteiger partial charge < -0.3 is 10.1 Å². The van der Waals surface area contributed by atoms with Crippen LogP contribution >= 0.6 is 0 Å². The van der Waals surface area contributed by atoms with Gasteiger partial charge in [0.1, 0.15) is 6.61 Å². The molecular formula is C29H30N2O2. The van der Waals surface area contributed by atoms with Crippen LogP contribution in [0.2, 0.25) is 0 Å². The van der Waals surface area contributed by atoms with Gasteiger partial charge in [0.05, 0.1) is 0 Å². The first-order valence-electron chi connectivity index (χ1n) is 11.4. The predicted molar refractivity (Wildman–Crippen MR) is 134 cm³/mol. The molecule has 0 fully saturated rings. The van der Waals surface area contributed by atoms with E-state index < -0.39 is 0 Å². The molecule has 0 unspecified atom stereocenters. The van der Waals surface area contributed by atoms with Crippen LogP contribution in [-0.2, 0) is 24.4 Å². The van der Waals surface area contributed by atoms with Crippen molar-refractivity contribution in [1.29, 1.82) is 0 Å². The highest BCUT2D eigenvalue weighted by molar-refractivity contribution is 5.82. The first-order valence-corrected chi connectivity index (χ1v) is 11.4. The highest BCUT2D eigenvalue weighted by Gasteiger charge is 2.09. The second kappa shape index (κ2) is 11.8. The number of nitrogens with one attached hydrogen (secondary N) is 1. The van der Waals surface area contributed by atoms with Crippen LogP contribution in [0, 0.1) is 0 Å². The van der Waals surface area contributed by atoms with Crippen molar-refractivity contribution >= 4 is 16.9 Å². The number of carbonyl (C=O) groups excluding carboxylic acids is 1. The average molecular weight is 439 g/mol. The average Bonchev–Trinajstić information content (AvgIpc) is 2.86. The molecule has 1 amide bonds. The van der Waals surface area contributed by atoms with Crippen molar-refractivity contribution in [3.8, 4) is 0 Å². The van der Waals surface area contributed by atoms with E-state index in [1.807, 2.05) is 36.4 Å². The second-order valence-electron chi connectivity index (χ2n) is 8.22. The van der Waals surface area contributed by atoms with Crippen LogP contribution < -0.4 is 5.32 Å². The van der Waals surface area contributed by atoms with Gasteiger partial charge in [-0.25, -0.2) is 4.79 Å². The molecule has 4 aromatic rings. The number of hydrogen-bond donors (Lipinski definition) is 1. The summed E-state index contributed by atoms with van der Waals surface area (Å²) in [5.41, 5.74) is 3.56. The van der Waals surface area contributed by atoms with E-state index >= 15 is 0 Å². The molecule has 0 bridgehead atoms. The third-order valence-electron chi connectivity index (χ3n) is 5.60. The van der Waals surface area contributed by atoms with Gasteiger partial charge >= 0.3 is 6.09 Å². The van der Waals surface area contributed by atoms with E-state index in [2.05, 4.69) is 76.9 Å². The van der Waals surface area contributed by atoms with Gasteiger partial charge in [-0.15, -0.1) is 0 Å². The van der Waals surface area contributed by atoms with Crippen molar-refractivity contribution in [3.63, 3.8) is 0 Å². The van der Waals surface area contributed by atoms with Gasteiger partial charge in [-0.05, 0) is 39.9 Å². The van der Waals surface area contributed by atoms with E-state index in [1.165, 1.54) is 21.9 Å². The summed E-state index contributed by atoms with van der Waals surface area (Å²) in [6.07, 6.45) is 0.476. The Morgan fingerprint density at radius 3 is 2.09 bits per heavy atom. The number of fused-ring (bicyclic) bond motifs is 1. The monoisotopic (exact) mass is 438 g/mol. The maximum absolute atomic E-state index is 12.0. The molecule has 0 saturated carbocycles. The van der Waals surface area contributed by atoms with Gasteiger partial charge in [-0.3, -0.25) is 4.90 Å². The molecule has 1 N–H and O–H groups in total. The minimum atomic E-state index is -0.372. The summed E-state index contributed by atoms with van der Waals surface area (Å²) in [6, 6.07) is 35.4. The van der Waals surface area contributed by atoms with E-state index in [1.54, 1.807) is 0 Å². The van der Waals surface area contributed by atoms with Gasteiger partial charge in [0.25, 0.3) is 0 Å². The Balaban J connectivity index is 1.30. The molecule has 4 nitrogen and oxygen atoms in total. The number of alkyl carbamates (subject to hydrolysis) is 1. The van der Waals surface area contributed by atoms with E-state index in [-0.39, 0.29) is 12.7 Å². The number of amides is 1. The van der Waals surface area contributed by atoms with Crippen LogP contribution in [0.3, 0.4) is 0 Å². The summed E-state index contributed by atoms with van der Waals surface area (Å²) in [7, 11) is 0. The SMILES string of the molecule is O=C(NCCCN(Cc1ccccc1)Cc1ccc2ccccc2c1)OCc1ccccc1. The number of benzene rings is 4. The maximum atomic E-state index is 12.0. The molecule has 4 heteroatoms. The second-order valence-corrected chi connectivity index (χ2v) is 8.22. The molecule has 0 aliphatic heterocycles. The van der Waals surface area contributed by atoms with Gasteiger partial charge in [-0.1, -0.05) is 97.1 Å². The summed E-state index contributed by atoms with van der Waals surface area (Å²) in [4.78, 5) is 14.4. The van der Waals surface area contributed by atoms with E-state index in [4.69, 9.17) is 4.74 Å². The molecule has 0 aromatic heterocycles. The van der Waals surface area contributed by atoms with Crippen molar-refractivity contribution in [2.75, 3.05) is 13.1 Å². The van der Waals surface area contributed by atoms with Crippen LogP contribution in [0.4, 0.5) is 4.79 Å². The molecule has 4 rings (SSSR count). The maximum Gasteiger partial charge on any atom is 0.407 e. The summed E-state index contributed by atoms with van der Waals surface area (Å²) in [6.45, 7) is 3.47. The van der Waals surface area contributed by atoms with Crippen LogP contribution in [0.25, 0.3) is 10.8 Å². The molecule has 0 heterocycles. The third-order valence-corrected chi connectivity index (χ3v) is 5.60. The van der Waals surface area contributed by atoms with E-state index in [0.717, 1.165) is 31.6 Å². The molecule has 0 spiro atoms. The highest BCUT2D eigenvalue weighted by atomic mass is 16.5. The lowest BCUT2D eigenvalue weighted by Crippen LogP contribution is -2.30. The van der Waals surface area contributed by atoms with Crippen LogP contribution in [0.15, 0.2) is 103 Å². The van der Waals surface area contributed by atoms with Crippen molar-refractivity contribution < 1.29 is 9.53 Å². The highest BCUT2D eigenvalue weighted by Crippen LogP contribution is 2.18. The van der Waals surface area contributed by atoms with Gasteiger partial charge in [0, 0.05) is 26.2 Å². The van der Waals surface area contributed by atoms with Crippen LogP contribution in [0.1, 0.15) is 23.1 Å². The fourth-order valence-electron chi connectivity index (χ4n) is 3.92. The zero-order valence-electron chi connectivity index (χ0n) is 18.8. The Kier molecular flexibility index (Phi) is 8.09. The quantitative estimate of drug-likeness (QED) is 0.302. The molecule has 33 heavy (non-hydrogen) atoms. The first-order chi connectivity index (χ1) is 16.3. The zero-order valence-corrected chi connectivity index (χ0v) is 18.8. The lowest BCUT2D eigenvalue weighted by molar-refractivity contribution is 0.139. The molecule has 0 aliphatic carbocycles. The number of ether oxygens (including phenoxy) is 1. The normalized spacial score (nSPS) is 10.9. The fraction of sp³-hybridized carbons (Fsp3) is 0.207. The minimum absolute atomic E-state index is 0.286. The van der Waals surface area contributed by atoms with Crippen molar-refractivity contribution in [1.82, 2.24) is 10.2 Å². The van der Waals surface area contributed by atoms with E-state index in [0.29, 0.717) is 6.54 Å². The molecule has 0 aliphatic rings. The molecule has 4 aromatic carbocycles. The van der Waals surface area contributed by atoms with E-state index in [9.17, 15) is 4.79 Å². The molecule has 0 radical (unpaired) electrons. The third kappa shape index (κ3) is 7.19.